The Hall–Kier alpha value is -2.27. The van der Waals surface area contributed by atoms with Crippen molar-refractivity contribution in [1.82, 2.24) is 9.97 Å². The first-order valence-electron chi connectivity index (χ1n) is 7.63. The van der Waals surface area contributed by atoms with E-state index in [4.69, 9.17) is 4.74 Å². The number of thiophene rings is 1. The van der Waals surface area contributed by atoms with E-state index in [1.807, 2.05) is 35.7 Å². The summed E-state index contributed by atoms with van der Waals surface area (Å²) in [5, 5.41) is 2.78. The van der Waals surface area contributed by atoms with Gasteiger partial charge in [0.15, 0.2) is 12.4 Å². The molecule has 3 rings (SSSR count). The van der Waals surface area contributed by atoms with Crippen LogP contribution in [0.2, 0.25) is 0 Å². The molecule has 0 amide bonds. The first-order valence-corrected chi connectivity index (χ1v) is 8.51. The fraction of sp³-hybridized carbons (Fsp3) is 0.278. The zero-order valence-electron chi connectivity index (χ0n) is 13.2. The molecule has 2 heterocycles. The lowest BCUT2D eigenvalue weighted by atomic mass is 9.97. The van der Waals surface area contributed by atoms with Crippen LogP contribution in [0.25, 0.3) is 10.2 Å². The van der Waals surface area contributed by atoms with Crippen molar-refractivity contribution in [1.29, 1.82) is 0 Å². The molecule has 0 saturated heterocycles. The van der Waals surface area contributed by atoms with Crippen molar-refractivity contribution in [3.8, 4) is 5.88 Å². The molecule has 0 spiro atoms. The van der Waals surface area contributed by atoms with E-state index in [2.05, 4.69) is 23.8 Å². The third-order valence-corrected chi connectivity index (χ3v) is 4.80. The number of benzene rings is 1. The summed E-state index contributed by atoms with van der Waals surface area (Å²) in [4.78, 5) is 21.4. The first kappa shape index (κ1) is 15.6. The maximum Gasteiger partial charge on any atom is 0.225 e. The monoisotopic (exact) mass is 326 g/mol. The molecule has 0 bridgehead atoms. The fourth-order valence-electron chi connectivity index (χ4n) is 2.33. The van der Waals surface area contributed by atoms with E-state index < -0.39 is 0 Å². The minimum absolute atomic E-state index is 0.0232. The molecule has 23 heavy (non-hydrogen) atoms. The molecule has 0 radical (unpaired) electrons. The summed E-state index contributed by atoms with van der Waals surface area (Å²) in [7, 11) is 0. The Labute approximate surface area is 139 Å². The van der Waals surface area contributed by atoms with E-state index in [1.54, 1.807) is 0 Å². The van der Waals surface area contributed by atoms with Crippen LogP contribution in [0.4, 0.5) is 0 Å². The van der Waals surface area contributed by atoms with Gasteiger partial charge in [0.25, 0.3) is 0 Å². The summed E-state index contributed by atoms with van der Waals surface area (Å²) in [5.41, 5.74) is 1.91. The van der Waals surface area contributed by atoms with Crippen molar-refractivity contribution in [2.24, 2.45) is 0 Å². The SMILES string of the molecule is CCC(C)c1ccc(C(=O)COc2ncnc3sccc23)cc1. The molecule has 1 aromatic carbocycles. The lowest BCUT2D eigenvalue weighted by Crippen LogP contribution is -2.12. The highest BCUT2D eigenvalue weighted by Gasteiger charge is 2.11. The molecule has 0 fully saturated rings. The number of ether oxygens (including phenoxy) is 1. The van der Waals surface area contributed by atoms with Crippen LogP contribution in [-0.2, 0) is 0 Å². The average Bonchev–Trinajstić information content (AvgIpc) is 3.08. The smallest absolute Gasteiger partial charge is 0.225 e. The molecule has 2 aromatic heterocycles. The average molecular weight is 326 g/mol. The first-order chi connectivity index (χ1) is 11.2. The normalized spacial score (nSPS) is 12.3. The molecule has 0 aliphatic rings. The number of aromatic nitrogens is 2. The zero-order valence-corrected chi connectivity index (χ0v) is 14.0. The van der Waals surface area contributed by atoms with E-state index >= 15 is 0 Å². The van der Waals surface area contributed by atoms with Crippen LogP contribution >= 0.6 is 11.3 Å². The van der Waals surface area contributed by atoms with E-state index in [-0.39, 0.29) is 12.4 Å². The number of rotatable bonds is 6. The van der Waals surface area contributed by atoms with Crippen molar-refractivity contribution in [2.75, 3.05) is 6.61 Å². The zero-order chi connectivity index (χ0) is 16.2. The van der Waals surface area contributed by atoms with E-state index in [0.29, 0.717) is 17.4 Å². The highest BCUT2D eigenvalue weighted by molar-refractivity contribution is 7.16. The van der Waals surface area contributed by atoms with Crippen molar-refractivity contribution in [3.63, 3.8) is 0 Å². The molecule has 1 atom stereocenters. The van der Waals surface area contributed by atoms with E-state index in [1.165, 1.54) is 23.2 Å². The van der Waals surface area contributed by atoms with Gasteiger partial charge in [-0.25, -0.2) is 9.97 Å². The molecule has 4 nitrogen and oxygen atoms in total. The topological polar surface area (TPSA) is 52.1 Å². The van der Waals surface area contributed by atoms with Gasteiger partial charge in [0.1, 0.15) is 11.2 Å². The Balaban J connectivity index is 1.68. The summed E-state index contributed by atoms with van der Waals surface area (Å²) in [6.07, 6.45) is 2.54. The van der Waals surface area contributed by atoms with Crippen LogP contribution < -0.4 is 4.74 Å². The second-order valence-electron chi connectivity index (χ2n) is 5.46. The highest BCUT2D eigenvalue weighted by Crippen LogP contribution is 2.25. The summed E-state index contributed by atoms with van der Waals surface area (Å²) >= 11 is 1.52. The Kier molecular flexibility index (Phi) is 4.67. The highest BCUT2D eigenvalue weighted by atomic mass is 32.1. The van der Waals surface area contributed by atoms with Gasteiger partial charge in [0.2, 0.25) is 5.88 Å². The molecule has 118 valence electrons. The Morgan fingerprint density at radius 3 is 2.74 bits per heavy atom. The molecule has 1 unspecified atom stereocenters. The summed E-state index contributed by atoms with van der Waals surface area (Å²) in [6, 6.07) is 9.67. The largest absolute Gasteiger partial charge is 0.469 e. The summed E-state index contributed by atoms with van der Waals surface area (Å²) in [5.74, 6) is 0.909. The van der Waals surface area contributed by atoms with Gasteiger partial charge in [0, 0.05) is 5.56 Å². The number of nitrogens with zero attached hydrogens (tertiary/aromatic N) is 2. The standard InChI is InChI=1S/C18H18N2O2S/c1-3-12(2)13-4-6-14(7-5-13)16(21)10-22-17-15-8-9-23-18(15)20-11-19-17/h4-9,11-12H,3,10H2,1-2H3. The van der Waals surface area contributed by atoms with Gasteiger partial charge in [-0.2, -0.15) is 0 Å². The maximum atomic E-state index is 12.3. The number of hydrogen-bond acceptors (Lipinski definition) is 5. The van der Waals surface area contributed by atoms with Gasteiger partial charge in [-0.3, -0.25) is 4.79 Å². The maximum absolute atomic E-state index is 12.3. The van der Waals surface area contributed by atoms with Crippen LogP contribution in [0.1, 0.15) is 42.1 Å². The number of carbonyl (C=O) groups is 1. The predicted octanol–water partition coefficient (Wildman–Crippen LogP) is 4.47. The Morgan fingerprint density at radius 1 is 1.22 bits per heavy atom. The van der Waals surface area contributed by atoms with Crippen LogP contribution in [-0.4, -0.2) is 22.4 Å². The number of carbonyl (C=O) groups excluding carboxylic acids is 1. The van der Waals surface area contributed by atoms with Gasteiger partial charge in [-0.1, -0.05) is 38.1 Å². The second-order valence-corrected chi connectivity index (χ2v) is 6.36. The van der Waals surface area contributed by atoms with Crippen molar-refractivity contribution in [3.05, 3.63) is 53.2 Å². The minimum Gasteiger partial charge on any atom is -0.469 e. The third-order valence-electron chi connectivity index (χ3n) is 3.98. The van der Waals surface area contributed by atoms with Crippen molar-refractivity contribution >= 4 is 27.3 Å². The van der Waals surface area contributed by atoms with Crippen LogP contribution in [0.15, 0.2) is 42.0 Å². The predicted molar refractivity (Wildman–Crippen MR) is 92.4 cm³/mol. The van der Waals surface area contributed by atoms with Crippen LogP contribution in [0, 0.1) is 0 Å². The summed E-state index contributed by atoms with van der Waals surface area (Å²) in [6.45, 7) is 4.32. The van der Waals surface area contributed by atoms with Gasteiger partial charge in [-0.15, -0.1) is 11.3 Å². The minimum atomic E-state index is -0.0531. The molecule has 5 heteroatoms. The van der Waals surface area contributed by atoms with Crippen LogP contribution in [0.5, 0.6) is 5.88 Å². The molecular weight excluding hydrogens is 308 g/mol. The quantitative estimate of drug-likeness (QED) is 0.627. The second kappa shape index (κ2) is 6.87. The molecule has 0 aliphatic carbocycles. The van der Waals surface area contributed by atoms with Crippen LogP contribution in [0.3, 0.4) is 0 Å². The van der Waals surface area contributed by atoms with Gasteiger partial charge >= 0.3 is 0 Å². The Bertz CT molecular complexity index is 811. The third kappa shape index (κ3) is 3.40. The Morgan fingerprint density at radius 2 is 2.00 bits per heavy atom. The number of ketones is 1. The fourth-order valence-corrected chi connectivity index (χ4v) is 3.06. The van der Waals surface area contributed by atoms with Crippen molar-refractivity contribution in [2.45, 2.75) is 26.2 Å². The lowest BCUT2D eigenvalue weighted by molar-refractivity contribution is 0.0919. The number of fused-ring (bicyclic) bond motifs is 1. The van der Waals surface area contributed by atoms with Gasteiger partial charge in [0.05, 0.1) is 5.39 Å². The molecule has 0 saturated carbocycles. The molecular formula is C18H18N2O2S. The van der Waals surface area contributed by atoms with E-state index in [0.717, 1.165) is 16.6 Å². The lowest BCUT2D eigenvalue weighted by Gasteiger charge is -2.10. The number of hydrogen-bond donors (Lipinski definition) is 0. The van der Waals surface area contributed by atoms with Gasteiger partial charge < -0.3 is 4.74 Å². The molecule has 3 aromatic rings. The van der Waals surface area contributed by atoms with Gasteiger partial charge in [-0.05, 0) is 29.3 Å². The van der Waals surface area contributed by atoms with Crippen molar-refractivity contribution < 1.29 is 9.53 Å². The molecule has 0 N–H and O–H groups in total. The number of Topliss-reactive ketones (excluding diaryl/α,β-unsaturated/α-hetero) is 1. The summed E-state index contributed by atoms with van der Waals surface area (Å²) < 4.78 is 5.60. The molecule has 0 aliphatic heterocycles. The van der Waals surface area contributed by atoms with E-state index in [9.17, 15) is 4.79 Å².